The van der Waals surface area contributed by atoms with Gasteiger partial charge in [0.25, 0.3) is 5.91 Å². The number of primary amides is 1. The van der Waals surface area contributed by atoms with Crippen molar-refractivity contribution in [2.75, 3.05) is 0 Å². The lowest BCUT2D eigenvalue weighted by Gasteiger charge is -2.02. The smallest absolute Gasteiger partial charge is 0.267 e. The highest BCUT2D eigenvalue weighted by molar-refractivity contribution is 6.35. The van der Waals surface area contributed by atoms with Crippen LogP contribution in [0.1, 0.15) is 10.5 Å². The van der Waals surface area contributed by atoms with Crippen molar-refractivity contribution in [3.63, 3.8) is 0 Å². The molecule has 0 atom stereocenters. The quantitative estimate of drug-likeness (QED) is 0.776. The van der Waals surface area contributed by atoms with Gasteiger partial charge >= 0.3 is 0 Å². The summed E-state index contributed by atoms with van der Waals surface area (Å²) in [6.07, 6.45) is 1.52. The Morgan fingerprint density at radius 2 is 2.07 bits per heavy atom. The normalized spacial score (nSPS) is 10.4. The largest absolute Gasteiger partial charge is 0.364 e. The lowest BCUT2D eigenvalue weighted by Crippen LogP contribution is -2.13. The Morgan fingerprint density at radius 3 is 2.79 bits per heavy atom. The molecule has 0 aliphatic heterocycles. The first kappa shape index (κ1) is 8.97. The second kappa shape index (κ2) is 3.27. The molecule has 1 amide bonds. The van der Waals surface area contributed by atoms with Crippen molar-refractivity contribution in [3.05, 3.63) is 41.2 Å². The van der Waals surface area contributed by atoms with Gasteiger partial charge in [-0.25, -0.2) is 0 Å². The Bertz CT molecular complexity index is 510. The van der Waals surface area contributed by atoms with Crippen molar-refractivity contribution in [2.45, 2.75) is 0 Å². The van der Waals surface area contributed by atoms with E-state index in [4.69, 9.17) is 17.3 Å². The van der Waals surface area contributed by atoms with Gasteiger partial charge in [0.15, 0.2) is 0 Å². The monoisotopic (exact) mass is 206 g/mol. The SMILES string of the molecule is NC(=O)c1nccc2c(Cl)cccc12. The Kier molecular flexibility index (Phi) is 2.09. The number of halogens is 1. The first-order valence-corrected chi connectivity index (χ1v) is 4.41. The summed E-state index contributed by atoms with van der Waals surface area (Å²) in [5.74, 6) is -0.544. The molecule has 0 aliphatic carbocycles. The molecule has 2 rings (SSSR count). The number of pyridine rings is 1. The maximum atomic E-state index is 11.0. The summed E-state index contributed by atoms with van der Waals surface area (Å²) in [6.45, 7) is 0. The molecule has 1 aromatic heterocycles. The summed E-state index contributed by atoms with van der Waals surface area (Å²) in [6, 6.07) is 7.05. The molecule has 2 N–H and O–H groups in total. The van der Waals surface area contributed by atoms with E-state index < -0.39 is 5.91 Å². The number of hydrogen-bond donors (Lipinski definition) is 1. The van der Waals surface area contributed by atoms with Gasteiger partial charge < -0.3 is 5.73 Å². The van der Waals surface area contributed by atoms with Gasteiger partial charge in [0.2, 0.25) is 0 Å². The van der Waals surface area contributed by atoms with Crippen molar-refractivity contribution in [1.29, 1.82) is 0 Å². The highest BCUT2D eigenvalue weighted by atomic mass is 35.5. The van der Waals surface area contributed by atoms with Crippen molar-refractivity contribution in [2.24, 2.45) is 5.73 Å². The molecular weight excluding hydrogens is 200 g/mol. The summed E-state index contributed by atoms with van der Waals surface area (Å²) in [7, 11) is 0. The lowest BCUT2D eigenvalue weighted by molar-refractivity contribution is 0.0997. The molecule has 0 radical (unpaired) electrons. The van der Waals surface area contributed by atoms with Crippen LogP contribution in [0.25, 0.3) is 10.8 Å². The molecule has 70 valence electrons. The second-order valence-electron chi connectivity index (χ2n) is 2.86. The van der Waals surface area contributed by atoms with E-state index in [0.717, 1.165) is 5.39 Å². The fourth-order valence-corrected chi connectivity index (χ4v) is 1.60. The summed E-state index contributed by atoms with van der Waals surface area (Å²) < 4.78 is 0. The van der Waals surface area contributed by atoms with Gasteiger partial charge in [0.05, 0.1) is 0 Å². The first-order chi connectivity index (χ1) is 6.70. The zero-order valence-electron chi connectivity index (χ0n) is 7.20. The highest BCUT2D eigenvalue weighted by Gasteiger charge is 2.08. The van der Waals surface area contributed by atoms with Gasteiger partial charge in [-0.2, -0.15) is 0 Å². The number of carbonyl (C=O) groups is 1. The van der Waals surface area contributed by atoms with Gasteiger partial charge in [0.1, 0.15) is 5.69 Å². The summed E-state index contributed by atoms with van der Waals surface area (Å²) >= 11 is 5.95. The molecule has 3 nitrogen and oxygen atoms in total. The van der Waals surface area contributed by atoms with Crippen LogP contribution in [0, 0.1) is 0 Å². The average molecular weight is 207 g/mol. The van der Waals surface area contributed by atoms with E-state index in [1.165, 1.54) is 6.20 Å². The van der Waals surface area contributed by atoms with Crippen molar-refractivity contribution < 1.29 is 4.79 Å². The number of aromatic nitrogens is 1. The second-order valence-corrected chi connectivity index (χ2v) is 3.27. The van der Waals surface area contributed by atoms with Gasteiger partial charge in [-0.1, -0.05) is 23.7 Å². The van der Waals surface area contributed by atoms with Crippen molar-refractivity contribution in [3.8, 4) is 0 Å². The predicted octanol–water partition coefficient (Wildman–Crippen LogP) is 1.99. The standard InChI is InChI=1S/C10H7ClN2O/c11-8-3-1-2-7-6(8)4-5-13-9(7)10(12)14/h1-5H,(H2,12,14). The number of benzene rings is 1. The van der Waals surface area contributed by atoms with E-state index in [2.05, 4.69) is 4.98 Å². The van der Waals surface area contributed by atoms with Gasteiger partial charge in [0, 0.05) is 22.0 Å². The molecular formula is C10H7ClN2O. The minimum Gasteiger partial charge on any atom is -0.364 e. The zero-order valence-corrected chi connectivity index (χ0v) is 7.95. The maximum Gasteiger partial charge on any atom is 0.267 e. The Labute approximate surface area is 85.5 Å². The van der Waals surface area contributed by atoms with Crippen LogP contribution in [0.5, 0.6) is 0 Å². The summed E-state index contributed by atoms with van der Waals surface area (Å²) in [5.41, 5.74) is 5.44. The van der Waals surface area contributed by atoms with Gasteiger partial charge in [-0.05, 0) is 12.1 Å². The Hall–Kier alpha value is -1.61. The summed E-state index contributed by atoms with van der Waals surface area (Å²) in [4.78, 5) is 15.0. The molecule has 0 fully saturated rings. The molecule has 0 saturated heterocycles. The van der Waals surface area contributed by atoms with E-state index in [0.29, 0.717) is 10.4 Å². The number of carbonyl (C=O) groups excluding carboxylic acids is 1. The minimum absolute atomic E-state index is 0.255. The molecule has 1 heterocycles. The van der Waals surface area contributed by atoms with E-state index in [1.807, 2.05) is 0 Å². The third kappa shape index (κ3) is 1.32. The fourth-order valence-electron chi connectivity index (χ4n) is 1.37. The van der Waals surface area contributed by atoms with E-state index >= 15 is 0 Å². The Morgan fingerprint density at radius 1 is 1.29 bits per heavy atom. The first-order valence-electron chi connectivity index (χ1n) is 4.03. The highest BCUT2D eigenvalue weighted by Crippen LogP contribution is 2.24. The number of fused-ring (bicyclic) bond motifs is 1. The molecule has 0 saturated carbocycles. The van der Waals surface area contributed by atoms with E-state index in [9.17, 15) is 4.79 Å². The lowest BCUT2D eigenvalue weighted by atomic mass is 10.1. The minimum atomic E-state index is -0.544. The predicted molar refractivity (Wildman–Crippen MR) is 55.3 cm³/mol. The molecule has 0 bridgehead atoms. The molecule has 2 aromatic rings. The third-order valence-electron chi connectivity index (χ3n) is 1.99. The number of nitrogens with two attached hydrogens (primary N) is 1. The number of nitrogens with zero attached hydrogens (tertiary/aromatic N) is 1. The number of hydrogen-bond acceptors (Lipinski definition) is 2. The molecule has 1 aromatic carbocycles. The van der Waals surface area contributed by atoms with Crippen LogP contribution in [-0.2, 0) is 0 Å². The van der Waals surface area contributed by atoms with E-state index in [1.54, 1.807) is 24.3 Å². The van der Waals surface area contributed by atoms with Crippen molar-refractivity contribution >= 4 is 28.3 Å². The van der Waals surface area contributed by atoms with Gasteiger partial charge in [-0.3, -0.25) is 9.78 Å². The molecule has 4 heteroatoms. The van der Waals surface area contributed by atoms with Crippen LogP contribution in [-0.4, -0.2) is 10.9 Å². The van der Waals surface area contributed by atoms with Crippen LogP contribution >= 0.6 is 11.6 Å². The van der Waals surface area contributed by atoms with Crippen LogP contribution in [0.15, 0.2) is 30.5 Å². The van der Waals surface area contributed by atoms with Crippen LogP contribution < -0.4 is 5.73 Å². The number of rotatable bonds is 1. The maximum absolute atomic E-state index is 11.0. The molecule has 14 heavy (non-hydrogen) atoms. The molecule has 0 unspecified atom stereocenters. The number of amides is 1. The molecule has 0 aliphatic rings. The third-order valence-corrected chi connectivity index (χ3v) is 2.32. The van der Waals surface area contributed by atoms with Crippen molar-refractivity contribution in [1.82, 2.24) is 4.98 Å². The zero-order chi connectivity index (χ0) is 10.1. The molecule has 0 spiro atoms. The van der Waals surface area contributed by atoms with Crippen LogP contribution in [0.2, 0.25) is 5.02 Å². The Balaban J connectivity index is 2.88. The topological polar surface area (TPSA) is 56.0 Å². The van der Waals surface area contributed by atoms with Crippen LogP contribution in [0.3, 0.4) is 0 Å². The van der Waals surface area contributed by atoms with Crippen LogP contribution in [0.4, 0.5) is 0 Å². The fraction of sp³-hybridized carbons (Fsp3) is 0. The van der Waals surface area contributed by atoms with Gasteiger partial charge in [-0.15, -0.1) is 0 Å². The van der Waals surface area contributed by atoms with E-state index in [-0.39, 0.29) is 5.69 Å². The summed E-state index contributed by atoms with van der Waals surface area (Å²) in [5, 5.41) is 2.07. The average Bonchev–Trinajstić information content (AvgIpc) is 2.17.